The number of carbonyl (C=O) groups excluding carboxylic acids is 2. The molecule has 2 aromatic rings. The van der Waals surface area contributed by atoms with E-state index in [0.29, 0.717) is 19.4 Å². The summed E-state index contributed by atoms with van der Waals surface area (Å²) < 4.78 is 41.6. The lowest BCUT2D eigenvalue weighted by Gasteiger charge is -2.27. The van der Waals surface area contributed by atoms with Crippen molar-refractivity contribution in [1.29, 1.82) is 0 Å². The van der Waals surface area contributed by atoms with E-state index >= 15 is 0 Å². The molecule has 4 rings (SSSR count). The second kappa shape index (κ2) is 14.6. The molecule has 0 atom stereocenters. The average molecular weight is 693 g/mol. The highest BCUT2D eigenvalue weighted by Gasteiger charge is 2.44. The first-order chi connectivity index (χ1) is 22.8. The third-order valence-corrected chi connectivity index (χ3v) is 10.2. The average Bonchev–Trinajstić information content (AvgIpc) is 3.33. The Kier molecular flexibility index (Phi) is 11.3. The van der Waals surface area contributed by atoms with Crippen molar-refractivity contribution in [3.8, 4) is 0 Å². The monoisotopic (exact) mass is 692 g/mol. The van der Waals surface area contributed by atoms with Crippen molar-refractivity contribution >= 4 is 39.1 Å². The lowest BCUT2D eigenvalue weighted by molar-refractivity contribution is -0.437. The van der Waals surface area contributed by atoms with Crippen LogP contribution < -0.4 is 10.2 Å². The highest BCUT2D eigenvalue weighted by Crippen LogP contribution is 2.49. The van der Waals surface area contributed by atoms with Crippen molar-refractivity contribution < 1.29 is 31.9 Å². The number of anilines is 1. The molecule has 0 saturated carbocycles. The minimum absolute atomic E-state index is 0.0521. The van der Waals surface area contributed by atoms with Crippen LogP contribution in [0.5, 0.6) is 0 Å². The number of alkyl carbamates (subject to hydrolysis) is 1. The zero-order chi connectivity index (χ0) is 36.4. The fourth-order valence-corrected chi connectivity index (χ4v) is 7.39. The van der Waals surface area contributed by atoms with Gasteiger partial charge in [-0.15, -0.1) is 0 Å². The van der Waals surface area contributed by atoms with E-state index in [1.54, 1.807) is 32.9 Å². The fraction of sp³-hybridized carbons (Fsp3) is 0.513. The Labute approximate surface area is 292 Å². The smallest absolute Gasteiger partial charge is 0.408 e. The van der Waals surface area contributed by atoms with Gasteiger partial charge in [0.05, 0.1) is 16.9 Å². The van der Waals surface area contributed by atoms with Crippen LogP contribution in [0.4, 0.5) is 16.2 Å². The highest BCUT2D eigenvalue weighted by atomic mass is 32.2. The summed E-state index contributed by atoms with van der Waals surface area (Å²) in [7, 11) is -4.37. The number of amides is 1. The van der Waals surface area contributed by atoms with Crippen molar-refractivity contribution in [2.24, 2.45) is 0 Å². The molecule has 2 heterocycles. The van der Waals surface area contributed by atoms with Crippen molar-refractivity contribution in [3.05, 3.63) is 77.0 Å². The number of hydrogen-bond donors (Lipinski definition) is 2. The molecule has 2 aromatic carbocycles. The lowest BCUT2D eigenvalue weighted by Crippen LogP contribution is -2.35. The minimum atomic E-state index is -4.37. The van der Waals surface area contributed by atoms with Gasteiger partial charge in [0, 0.05) is 53.9 Å². The van der Waals surface area contributed by atoms with Crippen molar-refractivity contribution in [2.75, 3.05) is 24.5 Å². The molecular formula is C39H54N3O6S+. The lowest BCUT2D eigenvalue weighted by atomic mass is 9.80. The van der Waals surface area contributed by atoms with Crippen LogP contribution in [-0.4, -0.2) is 60.4 Å². The molecule has 0 radical (unpaired) electrons. The summed E-state index contributed by atoms with van der Waals surface area (Å²) in [6.45, 7) is 19.8. The molecule has 10 heteroatoms. The standard InChI is InChI=1S/C39H53N3O6S/c1-10-22-41-32-20-18-27(2)24-30(32)38(6,7)34(41)16-14-17-35-39(8,9)31-25-29(49(45,46)47)19-21-33(31)42(35)23-13-11-12-15-28(43)26-40-36(44)48-37(3,4)5/h14,16-21,24-25H,10-13,15,22-23,26H2,1-9H3,(H-,40,44,45,46,47)/p+1. The van der Waals surface area contributed by atoms with Crippen LogP contribution in [0.3, 0.4) is 0 Å². The van der Waals surface area contributed by atoms with Gasteiger partial charge in [0.2, 0.25) is 5.69 Å². The summed E-state index contributed by atoms with van der Waals surface area (Å²) in [6.07, 6.45) is 9.48. The van der Waals surface area contributed by atoms with Gasteiger partial charge in [-0.05, 0) is 90.3 Å². The number of carbonyl (C=O) groups is 2. The Morgan fingerprint density at radius 1 is 1.00 bits per heavy atom. The second-order valence-corrected chi connectivity index (χ2v) is 16.7. The van der Waals surface area contributed by atoms with Crippen LogP contribution in [0.2, 0.25) is 0 Å². The van der Waals surface area contributed by atoms with Gasteiger partial charge in [-0.1, -0.05) is 44.9 Å². The van der Waals surface area contributed by atoms with Crippen LogP contribution in [0, 0.1) is 6.92 Å². The fourth-order valence-electron chi connectivity index (χ4n) is 6.88. The number of aryl methyl sites for hydroxylation is 1. The first-order valence-corrected chi connectivity index (χ1v) is 18.7. The third-order valence-electron chi connectivity index (χ3n) is 9.33. The van der Waals surface area contributed by atoms with Gasteiger partial charge in [0.1, 0.15) is 12.1 Å². The molecule has 0 aliphatic carbocycles. The number of ketones is 1. The number of nitrogens with one attached hydrogen (secondary N) is 1. The molecule has 0 fully saturated rings. The second-order valence-electron chi connectivity index (χ2n) is 15.2. The summed E-state index contributed by atoms with van der Waals surface area (Å²) in [5, 5.41) is 2.53. The zero-order valence-corrected chi connectivity index (χ0v) is 31.5. The van der Waals surface area contributed by atoms with Gasteiger partial charge >= 0.3 is 6.09 Å². The topological polar surface area (TPSA) is 116 Å². The number of hydrogen-bond acceptors (Lipinski definition) is 6. The molecular weight excluding hydrogens is 639 g/mol. The number of benzene rings is 2. The normalized spacial score (nSPS) is 17.5. The van der Waals surface area contributed by atoms with Crippen LogP contribution in [0.15, 0.2) is 65.2 Å². The molecule has 266 valence electrons. The first kappa shape index (κ1) is 38.0. The number of unbranched alkanes of at least 4 members (excludes halogenated alkanes) is 2. The molecule has 0 unspecified atom stereocenters. The van der Waals surface area contributed by atoms with E-state index in [0.717, 1.165) is 42.8 Å². The number of Topliss-reactive ketones (excluding diaryl/α,β-unsaturated/α-hetero) is 1. The molecule has 9 nitrogen and oxygen atoms in total. The first-order valence-electron chi connectivity index (χ1n) is 17.3. The molecule has 2 aliphatic rings. The van der Waals surface area contributed by atoms with Crippen LogP contribution in [0.25, 0.3) is 0 Å². The minimum Gasteiger partial charge on any atom is -0.444 e. The van der Waals surface area contributed by atoms with Crippen molar-refractivity contribution in [2.45, 2.75) is 116 Å². The maximum Gasteiger partial charge on any atom is 0.408 e. The molecule has 0 aromatic heterocycles. The van der Waals surface area contributed by atoms with Gasteiger partial charge in [0.15, 0.2) is 11.5 Å². The highest BCUT2D eigenvalue weighted by molar-refractivity contribution is 7.85. The van der Waals surface area contributed by atoms with Gasteiger partial charge in [-0.3, -0.25) is 9.35 Å². The Balaban J connectivity index is 1.55. The predicted octanol–water partition coefficient (Wildman–Crippen LogP) is 7.92. The summed E-state index contributed by atoms with van der Waals surface area (Å²) in [5.41, 5.74) is 6.45. The van der Waals surface area contributed by atoms with Gasteiger partial charge in [0.25, 0.3) is 10.1 Å². The van der Waals surface area contributed by atoms with Crippen LogP contribution in [-0.2, 0) is 30.5 Å². The number of allylic oxidation sites excluding steroid dienone is 4. The summed E-state index contributed by atoms with van der Waals surface area (Å²) in [4.78, 5) is 26.4. The molecule has 1 amide bonds. The van der Waals surface area contributed by atoms with E-state index in [1.165, 1.54) is 28.6 Å². The Morgan fingerprint density at radius 3 is 2.37 bits per heavy atom. The largest absolute Gasteiger partial charge is 0.444 e. The van der Waals surface area contributed by atoms with E-state index in [9.17, 15) is 22.6 Å². The molecule has 49 heavy (non-hydrogen) atoms. The van der Waals surface area contributed by atoms with E-state index in [1.807, 2.05) is 0 Å². The molecule has 0 saturated heterocycles. The molecule has 2 N–H and O–H groups in total. The zero-order valence-electron chi connectivity index (χ0n) is 30.6. The van der Waals surface area contributed by atoms with Gasteiger partial charge < -0.3 is 15.0 Å². The molecule has 0 spiro atoms. The van der Waals surface area contributed by atoms with Gasteiger partial charge in [-0.25, -0.2) is 4.79 Å². The van der Waals surface area contributed by atoms with Crippen molar-refractivity contribution in [1.82, 2.24) is 5.32 Å². The Morgan fingerprint density at radius 2 is 1.71 bits per heavy atom. The SMILES string of the molecule is CCC[N+]1=C(/C=C/C=C2/N(CCCCCC(=O)CNC(=O)OC(C)(C)C)c3ccc(S(=O)(=O)O)cc3C2(C)C)C(C)(C)c2cc(C)ccc21. The Hall–Kier alpha value is -3.76. The van der Waals surface area contributed by atoms with E-state index < -0.39 is 27.2 Å². The van der Waals surface area contributed by atoms with E-state index in [2.05, 4.69) is 92.8 Å². The van der Waals surface area contributed by atoms with E-state index in [4.69, 9.17) is 4.74 Å². The summed E-state index contributed by atoms with van der Waals surface area (Å²) in [6, 6.07) is 11.5. The number of fused-ring (bicyclic) bond motifs is 2. The molecule has 0 bridgehead atoms. The Bertz CT molecular complexity index is 1790. The van der Waals surface area contributed by atoms with Crippen molar-refractivity contribution in [3.63, 3.8) is 0 Å². The van der Waals surface area contributed by atoms with Crippen LogP contribution >= 0.6 is 0 Å². The maximum atomic E-state index is 12.4. The quantitative estimate of drug-likeness (QED) is 0.125. The number of nitrogens with zero attached hydrogens (tertiary/aromatic N) is 2. The van der Waals surface area contributed by atoms with Crippen LogP contribution in [0.1, 0.15) is 104 Å². The van der Waals surface area contributed by atoms with E-state index in [-0.39, 0.29) is 22.6 Å². The predicted molar refractivity (Wildman–Crippen MR) is 196 cm³/mol. The van der Waals surface area contributed by atoms with Gasteiger partial charge in [-0.2, -0.15) is 13.0 Å². The summed E-state index contributed by atoms with van der Waals surface area (Å²) >= 11 is 0. The third kappa shape index (κ3) is 8.70. The maximum absolute atomic E-state index is 12.4. The number of rotatable bonds is 13. The molecule has 2 aliphatic heterocycles. The number of ether oxygens (including phenoxy) is 1. The summed E-state index contributed by atoms with van der Waals surface area (Å²) in [5.74, 6) is -0.0521.